The number of nitrogens with zero attached hydrogens (tertiary/aromatic N) is 6. The minimum absolute atomic E-state index is 0.0540. The Morgan fingerprint density at radius 3 is 2.57 bits per heavy atom. The standard InChI is InChI=1S/C16H24N6O/c1-3-15-19-16(23-20-15)13(2)22-9-7-21(8-10-22)12-14(11-18)5-4-6-17/h13-14H,3-5,7-10,12H2,1-2H3/t13-,14-/m0/s1. The molecule has 23 heavy (non-hydrogen) atoms. The molecule has 1 aliphatic rings. The van der Waals surface area contributed by atoms with Gasteiger partial charge < -0.3 is 4.52 Å². The predicted molar refractivity (Wildman–Crippen MR) is 84.1 cm³/mol. The molecule has 2 heterocycles. The van der Waals surface area contributed by atoms with Gasteiger partial charge in [0.1, 0.15) is 0 Å². The molecular weight excluding hydrogens is 292 g/mol. The van der Waals surface area contributed by atoms with Crippen molar-refractivity contribution in [1.82, 2.24) is 19.9 Å². The molecule has 7 nitrogen and oxygen atoms in total. The Kier molecular flexibility index (Phi) is 6.52. The van der Waals surface area contributed by atoms with Crippen LogP contribution >= 0.6 is 0 Å². The average molecular weight is 316 g/mol. The van der Waals surface area contributed by atoms with Crippen LogP contribution in [-0.4, -0.2) is 52.7 Å². The van der Waals surface area contributed by atoms with E-state index in [2.05, 4.69) is 39.0 Å². The van der Waals surface area contributed by atoms with Gasteiger partial charge in [0.25, 0.3) is 0 Å². The molecule has 0 amide bonds. The summed E-state index contributed by atoms with van der Waals surface area (Å²) in [6.45, 7) is 8.53. The number of hydrogen-bond acceptors (Lipinski definition) is 7. The van der Waals surface area contributed by atoms with E-state index in [4.69, 9.17) is 9.78 Å². The Bertz CT molecular complexity index is 564. The molecule has 1 saturated heterocycles. The molecule has 0 aromatic carbocycles. The molecule has 7 heteroatoms. The molecule has 1 aromatic rings. The van der Waals surface area contributed by atoms with E-state index < -0.39 is 0 Å². The summed E-state index contributed by atoms with van der Waals surface area (Å²) in [6, 6.07) is 4.55. The molecule has 1 aliphatic heterocycles. The van der Waals surface area contributed by atoms with E-state index in [1.54, 1.807) is 0 Å². The largest absolute Gasteiger partial charge is 0.338 e. The fraction of sp³-hybridized carbons (Fsp3) is 0.750. The van der Waals surface area contributed by atoms with Gasteiger partial charge in [0.05, 0.1) is 24.1 Å². The zero-order valence-electron chi connectivity index (χ0n) is 13.9. The second-order valence-corrected chi connectivity index (χ2v) is 5.94. The molecule has 0 bridgehead atoms. The van der Waals surface area contributed by atoms with Gasteiger partial charge in [-0.25, -0.2) is 0 Å². The summed E-state index contributed by atoms with van der Waals surface area (Å²) >= 11 is 0. The van der Waals surface area contributed by atoms with Crippen molar-refractivity contribution < 1.29 is 4.52 Å². The van der Waals surface area contributed by atoms with Gasteiger partial charge in [-0.15, -0.1) is 0 Å². The number of aryl methyl sites for hydroxylation is 1. The average Bonchev–Trinajstić information content (AvgIpc) is 3.07. The van der Waals surface area contributed by atoms with Gasteiger partial charge in [0.2, 0.25) is 5.89 Å². The molecule has 0 unspecified atom stereocenters. The van der Waals surface area contributed by atoms with Gasteiger partial charge in [-0.2, -0.15) is 15.5 Å². The van der Waals surface area contributed by atoms with E-state index >= 15 is 0 Å². The van der Waals surface area contributed by atoms with Crippen molar-refractivity contribution in [3.05, 3.63) is 11.7 Å². The molecule has 2 rings (SSSR count). The second-order valence-electron chi connectivity index (χ2n) is 5.94. The zero-order valence-corrected chi connectivity index (χ0v) is 13.9. The molecular formula is C16H24N6O. The first-order valence-electron chi connectivity index (χ1n) is 8.23. The summed E-state index contributed by atoms with van der Waals surface area (Å²) in [5, 5.41) is 21.8. The third-order valence-electron chi connectivity index (χ3n) is 4.38. The van der Waals surface area contributed by atoms with Gasteiger partial charge in [0, 0.05) is 45.6 Å². The van der Waals surface area contributed by atoms with Crippen molar-refractivity contribution in [1.29, 1.82) is 10.5 Å². The zero-order chi connectivity index (χ0) is 16.7. The van der Waals surface area contributed by atoms with Crippen LogP contribution in [0.1, 0.15) is 44.4 Å². The lowest BCUT2D eigenvalue weighted by Gasteiger charge is -2.37. The number of aromatic nitrogens is 2. The van der Waals surface area contributed by atoms with Crippen LogP contribution in [0.4, 0.5) is 0 Å². The lowest BCUT2D eigenvalue weighted by molar-refractivity contribution is 0.0828. The van der Waals surface area contributed by atoms with Gasteiger partial charge in [-0.3, -0.25) is 9.80 Å². The van der Waals surface area contributed by atoms with E-state index in [0.29, 0.717) is 18.7 Å². The lowest BCUT2D eigenvalue weighted by Crippen LogP contribution is -2.48. The fourth-order valence-electron chi connectivity index (χ4n) is 2.82. The molecule has 0 radical (unpaired) electrons. The predicted octanol–water partition coefficient (Wildman–Crippen LogP) is 1.75. The van der Waals surface area contributed by atoms with E-state index in [-0.39, 0.29) is 12.0 Å². The summed E-state index contributed by atoms with van der Waals surface area (Å²) in [4.78, 5) is 9.05. The Morgan fingerprint density at radius 2 is 2.00 bits per heavy atom. The maximum Gasteiger partial charge on any atom is 0.243 e. The molecule has 0 aliphatic carbocycles. The summed E-state index contributed by atoms with van der Waals surface area (Å²) < 4.78 is 5.33. The Morgan fingerprint density at radius 1 is 1.26 bits per heavy atom. The third kappa shape index (κ3) is 4.75. The topological polar surface area (TPSA) is 93.0 Å². The molecule has 1 fully saturated rings. The highest BCUT2D eigenvalue weighted by Crippen LogP contribution is 2.21. The van der Waals surface area contributed by atoms with Crippen molar-refractivity contribution in [2.45, 2.75) is 39.2 Å². The number of nitriles is 2. The highest BCUT2D eigenvalue weighted by Gasteiger charge is 2.26. The monoisotopic (exact) mass is 316 g/mol. The summed E-state index contributed by atoms with van der Waals surface area (Å²) in [5.41, 5.74) is 0. The van der Waals surface area contributed by atoms with Gasteiger partial charge >= 0.3 is 0 Å². The molecule has 124 valence electrons. The Labute approximate surface area is 137 Å². The normalized spacial score (nSPS) is 19.0. The summed E-state index contributed by atoms with van der Waals surface area (Å²) in [7, 11) is 0. The van der Waals surface area contributed by atoms with Gasteiger partial charge in [-0.1, -0.05) is 12.1 Å². The number of piperazine rings is 1. The van der Waals surface area contributed by atoms with E-state index in [0.717, 1.165) is 45.0 Å². The minimum atomic E-state index is -0.0540. The van der Waals surface area contributed by atoms with Crippen LogP contribution < -0.4 is 0 Å². The quantitative estimate of drug-likeness (QED) is 0.756. The van der Waals surface area contributed by atoms with Crippen molar-refractivity contribution in [2.75, 3.05) is 32.7 Å². The fourth-order valence-corrected chi connectivity index (χ4v) is 2.82. The van der Waals surface area contributed by atoms with Crippen molar-refractivity contribution in [3.8, 4) is 12.1 Å². The first-order chi connectivity index (χ1) is 11.2. The van der Waals surface area contributed by atoms with Crippen LogP contribution in [0.3, 0.4) is 0 Å². The van der Waals surface area contributed by atoms with Crippen LogP contribution in [0.15, 0.2) is 4.52 Å². The highest BCUT2D eigenvalue weighted by atomic mass is 16.5. The summed E-state index contributed by atoms with van der Waals surface area (Å²) in [5.74, 6) is 1.38. The maximum absolute atomic E-state index is 9.17. The Balaban J connectivity index is 1.81. The smallest absolute Gasteiger partial charge is 0.243 e. The second kappa shape index (κ2) is 8.61. The number of hydrogen-bond donors (Lipinski definition) is 0. The molecule has 1 aromatic heterocycles. The van der Waals surface area contributed by atoms with Crippen molar-refractivity contribution >= 4 is 0 Å². The molecule has 0 N–H and O–H groups in total. The molecule has 2 atom stereocenters. The van der Waals surface area contributed by atoms with Crippen LogP contribution in [0.25, 0.3) is 0 Å². The highest BCUT2D eigenvalue weighted by molar-refractivity contribution is 4.94. The van der Waals surface area contributed by atoms with Crippen LogP contribution in [-0.2, 0) is 6.42 Å². The maximum atomic E-state index is 9.17. The van der Waals surface area contributed by atoms with Crippen molar-refractivity contribution in [3.63, 3.8) is 0 Å². The first-order valence-corrected chi connectivity index (χ1v) is 8.23. The Hall–Kier alpha value is -1.96. The minimum Gasteiger partial charge on any atom is -0.338 e. The number of rotatable bonds is 7. The summed E-state index contributed by atoms with van der Waals surface area (Å²) in [6.07, 6.45) is 1.89. The van der Waals surface area contributed by atoms with Gasteiger partial charge in [-0.05, 0) is 13.3 Å². The lowest BCUT2D eigenvalue weighted by atomic mass is 10.0. The van der Waals surface area contributed by atoms with E-state index in [9.17, 15) is 5.26 Å². The first kappa shape index (κ1) is 17.4. The van der Waals surface area contributed by atoms with Crippen LogP contribution in [0.2, 0.25) is 0 Å². The van der Waals surface area contributed by atoms with E-state index in [1.165, 1.54) is 0 Å². The molecule has 0 spiro atoms. The van der Waals surface area contributed by atoms with Gasteiger partial charge in [0.15, 0.2) is 5.82 Å². The van der Waals surface area contributed by atoms with Crippen molar-refractivity contribution in [2.24, 2.45) is 5.92 Å². The van der Waals surface area contributed by atoms with Crippen LogP contribution in [0, 0.1) is 28.6 Å². The van der Waals surface area contributed by atoms with Crippen LogP contribution in [0.5, 0.6) is 0 Å². The SMILES string of the molecule is CCc1noc([C@H](C)N2CCN(C[C@H](C#N)CCC#N)CC2)n1. The third-order valence-corrected chi connectivity index (χ3v) is 4.38. The molecule has 0 saturated carbocycles. The van der Waals surface area contributed by atoms with E-state index in [1.807, 2.05) is 6.92 Å².